The number of hydrogen-bond donors (Lipinski definition) is 0. The van der Waals surface area contributed by atoms with Crippen LogP contribution in [0.4, 0.5) is 17.1 Å². The maximum atomic E-state index is 4.44. The molecule has 2 heteroatoms. The Balaban J connectivity index is 1.08. The van der Waals surface area contributed by atoms with E-state index in [1.165, 1.54) is 72.0 Å². The van der Waals surface area contributed by atoms with Gasteiger partial charge in [0.2, 0.25) is 0 Å². The molecule has 0 N–H and O–H groups in total. The smallest absolute Gasteiger partial charge is 0.0731 e. The molecule has 0 saturated heterocycles. The van der Waals surface area contributed by atoms with Crippen molar-refractivity contribution in [3.63, 3.8) is 0 Å². The molecule has 0 saturated carbocycles. The summed E-state index contributed by atoms with van der Waals surface area (Å²) >= 11 is 0. The molecule has 54 heavy (non-hydrogen) atoms. The number of aromatic nitrogens is 1. The topological polar surface area (TPSA) is 16.1 Å². The third-order valence-electron chi connectivity index (χ3n) is 11.5. The third kappa shape index (κ3) is 4.38. The average Bonchev–Trinajstić information content (AvgIpc) is 3.72. The highest BCUT2D eigenvalue weighted by atomic mass is 15.1. The molecule has 0 radical (unpaired) electrons. The fraction of sp³-hybridized carbons (Fsp3) is 0.0192. The number of para-hydroxylation sites is 1. The largest absolute Gasteiger partial charge is 0.309 e. The SMILES string of the molecule is c1ccc(N(c2cccnc2)c2cccc(-c3ccc(-c4cccc5c4C4(c6ccccc6-c6ccccc64)c4ccc6ccccc6c4-5)cc3)c2)cc1. The number of anilines is 3. The average molecular weight is 687 g/mol. The molecule has 11 rings (SSSR count). The maximum absolute atomic E-state index is 4.44. The first-order valence-electron chi connectivity index (χ1n) is 18.6. The lowest BCUT2D eigenvalue weighted by molar-refractivity contribution is 0.796. The number of benzene rings is 8. The second-order valence-corrected chi connectivity index (χ2v) is 14.3. The van der Waals surface area contributed by atoms with E-state index in [0.29, 0.717) is 0 Å². The second kappa shape index (κ2) is 12.0. The van der Waals surface area contributed by atoms with Gasteiger partial charge in [-0.05, 0) is 114 Å². The summed E-state index contributed by atoms with van der Waals surface area (Å²) in [6.45, 7) is 0. The van der Waals surface area contributed by atoms with Gasteiger partial charge in [-0.25, -0.2) is 0 Å². The Morgan fingerprint density at radius 2 is 1.02 bits per heavy atom. The van der Waals surface area contributed by atoms with Crippen molar-refractivity contribution in [1.82, 2.24) is 4.98 Å². The van der Waals surface area contributed by atoms with Crippen molar-refractivity contribution in [1.29, 1.82) is 0 Å². The molecule has 1 aromatic heterocycles. The van der Waals surface area contributed by atoms with E-state index in [-0.39, 0.29) is 0 Å². The zero-order valence-corrected chi connectivity index (χ0v) is 29.5. The lowest BCUT2D eigenvalue weighted by Gasteiger charge is -2.32. The lowest BCUT2D eigenvalue weighted by Crippen LogP contribution is -2.26. The minimum atomic E-state index is -0.432. The van der Waals surface area contributed by atoms with Crippen molar-refractivity contribution in [3.8, 4) is 44.5 Å². The summed E-state index contributed by atoms with van der Waals surface area (Å²) in [6.07, 6.45) is 3.74. The minimum absolute atomic E-state index is 0.432. The fourth-order valence-electron chi connectivity index (χ4n) is 9.39. The highest BCUT2D eigenvalue weighted by molar-refractivity contribution is 6.08. The summed E-state index contributed by atoms with van der Waals surface area (Å²) < 4.78 is 0. The van der Waals surface area contributed by atoms with Gasteiger partial charge in [-0.3, -0.25) is 4.98 Å². The van der Waals surface area contributed by atoms with Gasteiger partial charge in [0.25, 0.3) is 0 Å². The number of hydrogen-bond acceptors (Lipinski definition) is 2. The highest BCUT2D eigenvalue weighted by Gasteiger charge is 2.53. The van der Waals surface area contributed by atoms with Crippen molar-refractivity contribution < 1.29 is 0 Å². The molecule has 8 aromatic carbocycles. The molecule has 0 unspecified atom stereocenters. The summed E-state index contributed by atoms with van der Waals surface area (Å²) in [5.74, 6) is 0. The Hall–Kier alpha value is -7.03. The van der Waals surface area contributed by atoms with Crippen LogP contribution in [0.25, 0.3) is 55.3 Å². The van der Waals surface area contributed by atoms with Crippen molar-refractivity contribution in [2.75, 3.05) is 4.90 Å². The Kier molecular flexibility index (Phi) is 6.80. The van der Waals surface area contributed by atoms with Crippen LogP contribution in [0.1, 0.15) is 22.3 Å². The Labute approximate surface area is 315 Å². The Bertz CT molecular complexity index is 2790. The van der Waals surface area contributed by atoms with E-state index >= 15 is 0 Å². The summed E-state index contributed by atoms with van der Waals surface area (Å²) in [7, 11) is 0. The number of pyridine rings is 1. The highest BCUT2D eigenvalue weighted by Crippen LogP contribution is 2.65. The van der Waals surface area contributed by atoms with E-state index in [2.05, 4.69) is 198 Å². The molecule has 0 atom stereocenters. The Morgan fingerprint density at radius 3 is 1.80 bits per heavy atom. The molecule has 0 bridgehead atoms. The van der Waals surface area contributed by atoms with Crippen LogP contribution in [-0.4, -0.2) is 4.98 Å². The molecule has 0 aliphatic heterocycles. The molecule has 2 aliphatic rings. The van der Waals surface area contributed by atoms with E-state index in [1.54, 1.807) is 0 Å². The zero-order valence-electron chi connectivity index (χ0n) is 29.5. The van der Waals surface area contributed by atoms with Crippen LogP contribution in [0.3, 0.4) is 0 Å². The molecular weight excluding hydrogens is 653 g/mol. The van der Waals surface area contributed by atoms with Crippen LogP contribution in [-0.2, 0) is 5.41 Å². The quantitative estimate of drug-likeness (QED) is 0.179. The number of rotatable bonds is 5. The molecule has 9 aromatic rings. The van der Waals surface area contributed by atoms with Gasteiger partial charge in [-0.2, -0.15) is 0 Å². The van der Waals surface area contributed by atoms with Gasteiger partial charge in [0.1, 0.15) is 0 Å². The van der Waals surface area contributed by atoms with Crippen molar-refractivity contribution >= 4 is 27.8 Å². The Morgan fingerprint density at radius 1 is 0.389 bits per heavy atom. The lowest BCUT2D eigenvalue weighted by atomic mass is 9.68. The summed E-state index contributed by atoms with van der Waals surface area (Å²) in [6, 6.07) is 71.2. The van der Waals surface area contributed by atoms with Gasteiger partial charge in [-0.15, -0.1) is 0 Å². The van der Waals surface area contributed by atoms with Crippen LogP contribution >= 0.6 is 0 Å². The maximum Gasteiger partial charge on any atom is 0.0731 e. The van der Waals surface area contributed by atoms with E-state index in [9.17, 15) is 0 Å². The van der Waals surface area contributed by atoms with Crippen molar-refractivity contribution in [3.05, 3.63) is 229 Å². The summed E-state index contributed by atoms with van der Waals surface area (Å²) in [5.41, 5.74) is 18.4. The molecule has 1 heterocycles. The second-order valence-electron chi connectivity index (χ2n) is 14.3. The molecule has 252 valence electrons. The zero-order chi connectivity index (χ0) is 35.6. The third-order valence-corrected chi connectivity index (χ3v) is 11.5. The molecule has 1 spiro atoms. The van der Waals surface area contributed by atoms with E-state index in [0.717, 1.165) is 22.6 Å². The summed E-state index contributed by atoms with van der Waals surface area (Å²) in [4.78, 5) is 6.70. The first kappa shape index (κ1) is 30.6. The standard InChI is InChI=1S/C52H34N2/c1-2-15-39(16-3-1)54(41-18-12-32-53-34-41)40-17-10-14-38(33-40)35-26-28-37(29-27-35)43-22-11-23-46-50-42-19-5-4-13-36(42)30-31-49(50)52(51(43)46)47-24-8-6-20-44(47)45-21-7-9-25-48(45)52/h1-34H. The molecule has 0 amide bonds. The van der Waals surface area contributed by atoms with E-state index < -0.39 is 5.41 Å². The van der Waals surface area contributed by atoms with Gasteiger partial charge in [0.05, 0.1) is 17.3 Å². The molecular formula is C52H34N2. The van der Waals surface area contributed by atoms with Crippen LogP contribution in [0.5, 0.6) is 0 Å². The monoisotopic (exact) mass is 686 g/mol. The van der Waals surface area contributed by atoms with Crippen LogP contribution < -0.4 is 4.90 Å². The normalized spacial score (nSPS) is 13.0. The van der Waals surface area contributed by atoms with Gasteiger partial charge in [0, 0.05) is 17.6 Å². The first-order valence-corrected chi connectivity index (χ1v) is 18.6. The first-order chi connectivity index (χ1) is 26.8. The minimum Gasteiger partial charge on any atom is -0.309 e. The van der Waals surface area contributed by atoms with Gasteiger partial charge < -0.3 is 4.90 Å². The van der Waals surface area contributed by atoms with Crippen LogP contribution in [0.2, 0.25) is 0 Å². The van der Waals surface area contributed by atoms with Crippen LogP contribution in [0.15, 0.2) is 207 Å². The number of fused-ring (bicyclic) bond motifs is 12. The molecule has 2 aliphatic carbocycles. The van der Waals surface area contributed by atoms with Crippen LogP contribution in [0, 0.1) is 0 Å². The van der Waals surface area contributed by atoms with Gasteiger partial charge in [0.15, 0.2) is 0 Å². The predicted octanol–water partition coefficient (Wildman–Crippen LogP) is 13.4. The van der Waals surface area contributed by atoms with Gasteiger partial charge in [-0.1, -0.05) is 158 Å². The van der Waals surface area contributed by atoms with Crippen molar-refractivity contribution in [2.45, 2.75) is 5.41 Å². The predicted molar refractivity (Wildman–Crippen MR) is 224 cm³/mol. The van der Waals surface area contributed by atoms with Gasteiger partial charge >= 0.3 is 0 Å². The number of nitrogens with zero attached hydrogens (tertiary/aromatic N) is 2. The van der Waals surface area contributed by atoms with Crippen molar-refractivity contribution in [2.24, 2.45) is 0 Å². The molecule has 2 nitrogen and oxygen atoms in total. The van der Waals surface area contributed by atoms with E-state index in [4.69, 9.17) is 0 Å². The fourth-order valence-corrected chi connectivity index (χ4v) is 9.39. The molecule has 0 fully saturated rings. The summed E-state index contributed by atoms with van der Waals surface area (Å²) in [5, 5.41) is 2.57. The van der Waals surface area contributed by atoms with E-state index in [1.807, 2.05) is 18.5 Å².